The van der Waals surface area contributed by atoms with E-state index in [0.717, 1.165) is 11.6 Å². The average molecular weight is 311 g/mol. The molecule has 0 saturated heterocycles. The predicted octanol–water partition coefficient (Wildman–Crippen LogP) is 3.98. The van der Waals surface area contributed by atoms with E-state index >= 15 is 0 Å². The van der Waals surface area contributed by atoms with Crippen LogP contribution in [-0.2, 0) is 4.79 Å². The monoisotopic (exact) mass is 310 g/mol. The summed E-state index contributed by atoms with van der Waals surface area (Å²) < 4.78 is 26.4. The van der Waals surface area contributed by atoms with Crippen molar-refractivity contribution in [2.45, 2.75) is 6.92 Å². The van der Waals surface area contributed by atoms with Gasteiger partial charge >= 0.3 is 0 Å². The number of carbonyl (C=O) groups excluding carboxylic acids is 1. The molecular formula is C15H13ClF2N2O. The molecule has 2 aromatic carbocycles. The van der Waals surface area contributed by atoms with Gasteiger partial charge in [-0.1, -0.05) is 29.3 Å². The number of nitrogens with one attached hydrogen (secondary N) is 2. The summed E-state index contributed by atoms with van der Waals surface area (Å²) in [6.45, 7) is 1.75. The molecule has 0 aromatic heterocycles. The molecule has 2 aromatic rings. The topological polar surface area (TPSA) is 41.1 Å². The summed E-state index contributed by atoms with van der Waals surface area (Å²) in [5.74, 6) is -1.98. The minimum atomic E-state index is -0.844. The highest BCUT2D eigenvalue weighted by Gasteiger charge is 2.11. The van der Waals surface area contributed by atoms with Crippen molar-refractivity contribution < 1.29 is 13.6 Å². The van der Waals surface area contributed by atoms with Crippen molar-refractivity contribution in [3.05, 3.63) is 58.6 Å². The Bertz CT molecular complexity index is 636. The molecule has 2 N–H and O–H groups in total. The van der Waals surface area contributed by atoms with Gasteiger partial charge < -0.3 is 10.6 Å². The lowest BCUT2D eigenvalue weighted by molar-refractivity contribution is -0.114. The Morgan fingerprint density at radius 1 is 1.19 bits per heavy atom. The van der Waals surface area contributed by atoms with Crippen LogP contribution in [0.3, 0.4) is 0 Å². The molecule has 1 amide bonds. The highest BCUT2D eigenvalue weighted by Crippen LogP contribution is 2.26. The summed E-state index contributed by atoms with van der Waals surface area (Å²) in [5.41, 5.74) is 1.61. The fourth-order valence-corrected chi connectivity index (χ4v) is 1.98. The van der Waals surface area contributed by atoms with Crippen LogP contribution < -0.4 is 10.6 Å². The van der Waals surface area contributed by atoms with Crippen LogP contribution in [0, 0.1) is 18.6 Å². The fraction of sp³-hybridized carbons (Fsp3) is 0.133. The van der Waals surface area contributed by atoms with Crippen molar-refractivity contribution in [2.24, 2.45) is 0 Å². The molecule has 0 aliphatic rings. The van der Waals surface area contributed by atoms with Gasteiger partial charge in [0.15, 0.2) is 5.82 Å². The smallest absolute Gasteiger partial charge is 0.243 e. The normalized spacial score (nSPS) is 10.3. The minimum Gasteiger partial charge on any atom is -0.373 e. The number of benzene rings is 2. The highest BCUT2D eigenvalue weighted by atomic mass is 35.5. The molecular weight excluding hydrogens is 298 g/mol. The van der Waals surface area contributed by atoms with Crippen LogP contribution in [0.1, 0.15) is 5.56 Å². The zero-order valence-electron chi connectivity index (χ0n) is 11.2. The fourth-order valence-electron chi connectivity index (χ4n) is 1.72. The molecule has 0 saturated carbocycles. The van der Waals surface area contributed by atoms with E-state index in [2.05, 4.69) is 10.6 Å². The molecule has 0 aliphatic carbocycles. The second kappa shape index (κ2) is 6.54. The first-order valence-corrected chi connectivity index (χ1v) is 6.58. The van der Waals surface area contributed by atoms with E-state index < -0.39 is 11.6 Å². The van der Waals surface area contributed by atoms with E-state index in [1.54, 1.807) is 12.1 Å². The van der Waals surface area contributed by atoms with E-state index in [9.17, 15) is 13.6 Å². The molecule has 0 unspecified atom stereocenters. The highest BCUT2D eigenvalue weighted by molar-refractivity contribution is 6.33. The maximum atomic E-state index is 13.5. The van der Waals surface area contributed by atoms with Crippen molar-refractivity contribution in [1.29, 1.82) is 0 Å². The summed E-state index contributed by atoms with van der Waals surface area (Å²) in [5, 5.41) is 5.09. The molecule has 0 fully saturated rings. The maximum Gasteiger partial charge on any atom is 0.243 e. The van der Waals surface area contributed by atoms with E-state index in [1.165, 1.54) is 0 Å². The number of hydrogen-bond donors (Lipinski definition) is 2. The molecule has 0 bridgehead atoms. The van der Waals surface area contributed by atoms with Gasteiger partial charge in [0, 0.05) is 11.8 Å². The number of halogens is 3. The minimum absolute atomic E-state index is 0.0999. The molecule has 2 rings (SSSR count). The lowest BCUT2D eigenvalue weighted by Crippen LogP contribution is -2.22. The van der Waals surface area contributed by atoms with Crippen molar-refractivity contribution in [3.8, 4) is 0 Å². The van der Waals surface area contributed by atoms with Gasteiger partial charge in [0.2, 0.25) is 5.91 Å². The molecule has 0 atom stereocenters. The lowest BCUT2D eigenvalue weighted by Gasteiger charge is -2.10. The van der Waals surface area contributed by atoms with Crippen molar-refractivity contribution >= 4 is 28.9 Å². The molecule has 110 valence electrons. The van der Waals surface area contributed by atoms with Crippen LogP contribution >= 0.6 is 11.6 Å². The van der Waals surface area contributed by atoms with Crippen molar-refractivity contribution in [3.63, 3.8) is 0 Å². The first-order valence-electron chi connectivity index (χ1n) is 6.20. The molecule has 6 heteroatoms. The third-order valence-corrected chi connectivity index (χ3v) is 3.07. The van der Waals surface area contributed by atoms with Crippen LogP contribution in [0.15, 0.2) is 36.4 Å². The van der Waals surface area contributed by atoms with Gasteiger partial charge in [-0.25, -0.2) is 8.78 Å². The number of anilines is 2. The summed E-state index contributed by atoms with van der Waals surface area (Å²) in [6, 6.07) is 8.92. The van der Waals surface area contributed by atoms with Gasteiger partial charge in [-0.2, -0.15) is 0 Å². The largest absolute Gasteiger partial charge is 0.373 e. The third-order valence-electron chi connectivity index (χ3n) is 2.77. The predicted molar refractivity (Wildman–Crippen MR) is 79.7 cm³/mol. The Morgan fingerprint density at radius 3 is 2.48 bits per heavy atom. The SMILES string of the molecule is Cc1ccc(NC(=O)CNc2c(F)cc(F)cc2Cl)cc1. The zero-order chi connectivity index (χ0) is 15.4. The second-order valence-corrected chi connectivity index (χ2v) is 4.92. The first kappa shape index (κ1) is 15.3. The van der Waals surface area contributed by atoms with Crippen LogP contribution in [0.5, 0.6) is 0 Å². The summed E-state index contributed by atoms with van der Waals surface area (Å²) in [7, 11) is 0. The third kappa shape index (κ3) is 4.16. The maximum absolute atomic E-state index is 13.5. The molecule has 0 heterocycles. The van der Waals surface area contributed by atoms with Gasteiger partial charge in [0.1, 0.15) is 5.82 Å². The Balaban J connectivity index is 1.97. The van der Waals surface area contributed by atoms with E-state index in [4.69, 9.17) is 11.6 Å². The number of hydrogen-bond acceptors (Lipinski definition) is 2. The first-order chi connectivity index (χ1) is 9.95. The lowest BCUT2D eigenvalue weighted by atomic mass is 10.2. The molecule has 0 spiro atoms. The van der Waals surface area contributed by atoms with E-state index in [1.807, 2.05) is 19.1 Å². The number of rotatable bonds is 4. The number of carbonyl (C=O) groups is 1. The van der Waals surface area contributed by atoms with Crippen LogP contribution in [0.25, 0.3) is 0 Å². The van der Waals surface area contributed by atoms with Crippen LogP contribution in [0.2, 0.25) is 5.02 Å². The Hall–Kier alpha value is -2.14. The quantitative estimate of drug-likeness (QED) is 0.897. The number of aryl methyl sites for hydroxylation is 1. The van der Waals surface area contributed by atoms with Gasteiger partial charge in [0.25, 0.3) is 0 Å². The van der Waals surface area contributed by atoms with Gasteiger partial charge in [-0.05, 0) is 25.1 Å². The standard InChI is InChI=1S/C15H13ClF2N2O/c1-9-2-4-11(5-3-9)20-14(21)8-19-15-12(16)6-10(17)7-13(15)18/h2-7,19H,8H2,1H3,(H,20,21). The van der Waals surface area contributed by atoms with Crippen LogP contribution in [-0.4, -0.2) is 12.5 Å². The Labute approximate surface area is 125 Å². The second-order valence-electron chi connectivity index (χ2n) is 4.51. The molecule has 3 nitrogen and oxygen atoms in total. The van der Waals surface area contributed by atoms with Gasteiger partial charge in [-0.3, -0.25) is 4.79 Å². The van der Waals surface area contributed by atoms with Crippen LogP contribution in [0.4, 0.5) is 20.2 Å². The molecule has 0 aliphatic heterocycles. The molecule has 0 radical (unpaired) electrons. The van der Waals surface area contributed by atoms with Gasteiger partial charge in [0.05, 0.1) is 17.3 Å². The average Bonchev–Trinajstić information content (AvgIpc) is 2.40. The van der Waals surface area contributed by atoms with Crippen molar-refractivity contribution in [2.75, 3.05) is 17.2 Å². The molecule has 21 heavy (non-hydrogen) atoms. The van der Waals surface area contributed by atoms with Gasteiger partial charge in [-0.15, -0.1) is 0 Å². The van der Waals surface area contributed by atoms with Crippen molar-refractivity contribution in [1.82, 2.24) is 0 Å². The van der Waals surface area contributed by atoms with E-state index in [-0.39, 0.29) is 23.2 Å². The summed E-state index contributed by atoms with van der Waals surface area (Å²) >= 11 is 5.72. The van der Waals surface area contributed by atoms with E-state index in [0.29, 0.717) is 11.8 Å². The summed E-state index contributed by atoms with van der Waals surface area (Å²) in [4.78, 5) is 11.7. The zero-order valence-corrected chi connectivity index (χ0v) is 12.0. The summed E-state index contributed by atoms with van der Waals surface area (Å²) in [6.07, 6.45) is 0. The Kier molecular flexibility index (Phi) is 4.75. The Morgan fingerprint density at radius 2 is 1.86 bits per heavy atom. The number of amides is 1.